The minimum absolute atomic E-state index is 0.500. The Labute approximate surface area is 244 Å². The molecule has 0 aromatic rings. The summed E-state index contributed by atoms with van der Waals surface area (Å²) in [4.78, 5) is 0. The summed E-state index contributed by atoms with van der Waals surface area (Å²) in [7, 11) is 0. The van der Waals surface area contributed by atoms with E-state index < -0.39 is 0 Å². The molecule has 0 amide bonds. The van der Waals surface area contributed by atoms with Crippen molar-refractivity contribution in [3.05, 3.63) is 13.2 Å². The van der Waals surface area contributed by atoms with Gasteiger partial charge < -0.3 is 0 Å². The Balaban J connectivity index is -0.0000000456. The van der Waals surface area contributed by atoms with E-state index in [9.17, 15) is 0 Å². The SMILES string of the molecule is C=C.CC.CC(C)(C)C.CC(C)C.CCC.CCC(C)C.CCC(C)C(C)C.CCCC(C)C(C)CC. The van der Waals surface area contributed by atoms with Crippen molar-refractivity contribution in [2.75, 3.05) is 0 Å². The molecular formula is C37H88. The van der Waals surface area contributed by atoms with Crippen LogP contribution in [0.5, 0.6) is 0 Å². The molecule has 3 atom stereocenters. The summed E-state index contributed by atoms with van der Waals surface area (Å²) in [5.74, 6) is 5.34. The van der Waals surface area contributed by atoms with Crippen LogP contribution in [0.1, 0.15) is 191 Å². The van der Waals surface area contributed by atoms with Gasteiger partial charge in [-0.1, -0.05) is 191 Å². The maximum Gasteiger partial charge on any atom is -0.0411 e. The van der Waals surface area contributed by atoms with Crippen LogP contribution < -0.4 is 0 Å². The molecule has 0 heteroatoms. The third-order valence-electron chi connectivity index (χ3n) is 4.96. The van der Waals surface area contributed by atoms with Crippen LogP contribution in [0.3, 0.4) is 0 Å². The van der Waals surface area contributed by atoms with Crippen LogP contribution in [-0.2, 0) is 0 Å². The van der Waals surface area contributed by atoms with Gasteiger partial charge in [-0.2, -0.15) is 0 Å². The highest BCUT2D eigenvalue weighted by atomic mass is 14.1. The van der Waals surface area contributed by atoms with E-state index >= 15 is 0 Å². The first-order valence-corrected chi connectivity index (χ1v) is 16.3. The average molecular weight is 533 g/mol. The van der Waals surface area contributed by atoms with E-state index in [4.69, 9.17) is 0 Å². The molecule has 3 unspecified atom stereocenters. The second-order valence-corrected chi connectivity index (χ2v) is 13.0. The zero-order valence-corrected chi connectivity index (χ0v) is 31.6. The highest BCUT2D eigenvalue weighted by Crippen LogP contribution is 2.18. The van der Waals surface area contributed by atoms with E-state index in [0.29, 0.717) is 5.41 Å². The van der Waals surface area contributed by atoms with Gasteiger partial charge in [0.25, 0.3) is 0 Å². The average Bonchev–Trinajstić information content (AvgIpc) is 2.80. The van der Waals surface area contributed by atoms with E-state index in [-0.39, 0.29) is 0 Å². The Morgan fingerprint density at radius 2 is 0.730 bits per heavy atom. The molecule has 0 aliphatic rings. The molecule has 0 bridgehead atoms. The molecule has 37 heavy (non-hydrogen) atoms. The zero-order chi connectivity index (χ0) is 32.2. The summed E-state index contributed by atoms with van der Waals surface area (Å²) in [6.07, 6.45) is 7.94. The van der Waals surface area contributed by atoms with E-state index in [1.54, 1.807) is 0 Å². The number of rotatable bonds is 7. The predicted molar refractivity (Wildman–Crippen MR) is 187 cm³/mol. The van der Waals surface area contributed by atoms with Gasteiger partial charge in [-0.05, 0) is 40.9 Å². The van der Waals surface area contributed by atoms with Crippen LogP contribution in [0.2, 0.25) is 0 Å². The van der Waals surface area contributed by atoms with Crippen LogP contribution in [0.4, 0.5) is 0 Å². The van der Waals surface area contributed by atoms with Crippen LogP contribution in [-0.4, -0.2) is 0 Å². The molecule has 0 aromatic heterocycles. The zero-order valence-electron chi connectivity index (χ0n) is 31.6. The highest BCUT2D eigenvalue weighted by Gasteiger charge is 2.07. The first-order chi connectivity index (χ1) is 16.8. The lowest BCUT2D eigenvalue weighted by Gasteiger charge is -2.16. The summed E-state index contributed by atoms with van der Waals surface area (Å²) in [5, 5.41) is 0. The van der Waals surface area contributed by atoms with Gasteiger partial charge in [0.05, 0.1) is 0 Å². The van der Waals surface area contributed by atoms with Gasteiger partial charge in [-0.25, -0.2) is 0 Å². The minimum Gasteiger partial charge on any atom is -0.106 e. The van der Waals surface area contributed by atoms with E-state index in [2.05, 4.69) is 152 Å². The third-order valence-corrected chi connectivity index (χ3v) is 4.96. The number of hydrogen-bond acceptors (Lipinski definition) is 0. The maximum absolute atomic E-state index is 3.00. The van der Waals surface area contributed by atoms with Gasteiger partial charge in [0.1, 0.15) is 0 Å². The summed E-state index contributed by atoms with van der Waals surface area (Å²) in [6.45, 7) is 54.5. The minimum atomic E-state index is 0.500. The Morgan fingerprint density at radius 1 is 0.514 bits per heavy atom. The molecule has 0 aromatic carbocycles. The molecule has 0 N–H and O–H groups in total. The molecule has 236 valence electrons. The van der Waals surface area contributed by atoms with Crippen molar-refractivity contribution in [3.8, 4) is 0 Å². The van der Waals surface area contributed by atoms with Gasteiger partial charge in [-0.3, -0.25) is 0 Å². The smallest absolute Gasteiger partial charge is 0.0411 e. The van der Waals surface area contributed by atoms with Crippen molar-refractivity contribution >= 4 is 0 Å². The molecule has 0 aliphatic heterocycles. The molecule has 0 radical (unpaired) electrons. The molecule has 0 nitrogen and oxygen atoms in total. The van der Waals surface area contributed by atoms with Crippen LogP contribution >= 0.6 is 0 Å². The first kappa shape index (κ1) is 56.8. The topological polar surface area (TPSA) is 0 Å². The second kappa shape index (κ2) is 48.8. The fourth-order valence-electron chi connectivity index (χ4n) is 1.61. The first-order valence-electron chi connectivity index (χ1n) is 16.3. The largest absolute Gasteiger partial charge is 0.106 e. The third kappa shape index (κ3) is 145. The van der Waals surface area contributed by atoms with E-state index in [0.717, 1.165) is 35.5 Å². The van der Waals surface area contributed by atoms with Crippen molar-refractivity contribution < 1.29 is 0 Å². The van der Waals surface area contributed by atoms with Crippen molar-refractivity contribution in [3.63, 3.8) is 0 Å². The normalized spacial score (nSPS) is 11.7. The Morgan fingerprint density at radius 3 is 0.811 bits per heavy atom. The molecule has 0 heterocycles. The molecule has 0 saturated carbocycles. The van der Waals surface area contributed by atoms with Crippen LogP contribution in [0.15, 0.2) is 13.2 Å². The lowest BCUT2D eigenvalue weighted by molar-refractivity contribution is 0.352. The van der Waals surface area contributed by atoms with Gasteiger partial charge in [0.15, 0.2) is 0 Å². The molecule has 0 aliphatic carbocycles. The second-order valence-electron chi connectivity index (χ2n) is 13.0. The van der Waals surface area contributed by atoms with Gasteiger partial charge in [0, 0.05) is 0 Å². The molecule has 0 rings (SSSR count). The summed E-state index contributed by atoms with van der Waals surface area (Å²) < 4.78 is 0. The van der Waals surface area contributed by atoms with Crippen molar-refractivity contribution in [1.29, 1.82) is 0 Å². The van der Waals surface area contributed by atoms with Crippen molar-refractivity contribution in [1.82, 2.24) is 0 Å². The Bertz CT molecular complexity index is 283. The lowest BCUT2D eigenvalue weighted by Crippen LogP contribution is -2.05. The fraction of sp³-hybridized carbons (Fsp3) is 0.946. The lowest BCUT2D eigenvalue weighted by atomic mass is 9.90. The quantitative estimate of drug-likeness (QED) is 0.286. The van der Waals surface area contributed by atoms with E-state index in [1.807, 2.05) is 13.8 Å². The highest BCUT2D eigenvalue weighted by molar-refractivity contribution is 4.58. The Kier molecular flexibility index (Phi) is 74.9. The molecule has 0 saturated heterocycles. The number of hydrogen-bond donors (Lipinski definition) is 0. The summed E-state index contributed by atoms with van der Waals surface area (Å²) >= 11 is 0. The fourth-order valence-corrected chi connectivity index (χ4v) is 1.61. The van der Waals surface area contributed by atoms with Gasteiger partial charge >= 0.3 is 0 Å². The Hall–Kier alpha value is -0.260. The van der Waals surface area contributed by atoms with Gasteiger partial charge in [-0.15, -0.1) is 13.2 Å². The molecular weight excluding hydrogens is 444 g/mol. The summed E-state index contributed by atoms with van der Waals surface area (Å²) in [5.41, 5.74) is 0.500. The molecule has 0 spiro atoms. The predicted octanol–water partition coefficient (Wildman–Crippen LogP) is 15.2. The maximum atomic E-state index is 3.00. The van der Waals surface area contributed by atoms with Crippen LogP contribution in [0.25, 0.3) is 0 Å². The van der Waals surface area contributed by atoms with E-state index in [1.165, 1.54) is 38.5 Å². The van der Waals surface area contributed by atoms with Crippen LogP contribution in [0, 0.1) is 40.9 Å². The standard InChI is InChI=1S/C9H20.C7H16.2C5H12.C4H10.C3H8.C2H6.C2H4/c1-5-7-9(4)8(3)6-2;1-5-7(4)6(2)3;1-5(2,3)4;1-4-5(2)3;1-4(2)3;1-3-2;2*1-2/h8-9H,5-7H2,1-4H3;6-7H,5H2,1-4H3;1-4H3;5H,4H2,1-3H3;4H,1-3H3;3H2,1-2H3;1-2H3;1-2H2. The van der Waals surface area contributed by atoms with Crippen molar-refractivity contribution in [2.45, 2.75) is 191 Å². The summed E-state index contributed by atoms with van der Waals surface area (Å²) in [6, 6.07) is 0. The molecule has 0 fully saturated rings. The van der Waals surface area contributed by atoms with Crippen molar-refractivity contribution in [2.24, 2.45) is 40.9 Å². The van der Waals surface area contributed by atoms with Gasteiger partial charge in [0.2, 0.25) is 0 Å². The monoisotopic (exact) mass is 533 g/mol.